The third-order valence-electron chi connectivity index (χ3n) is 3.55. The number of rotatable bonds is 18. The maximum Gasteiger partial charge on any atom is 0.492 e. The Morgan fingerprint density at radius 1 is 0.439 bits per heavy atom. The van der Waals surface area contributed by atoms with E-state index < -0.39 is 61.6 Å². The first kappa shape index (κ1) is 36.4. The monoisotopic (exact) mass is 602 g/mol. The highest BCUT2D eigenvalue weighted by Crippen LogP contribution is 2.59. The highest BCUT2D eigenvalue weighted by atomic mass is 31.2. The predicted octanol–water partition coefficient (Wildman–Crippen LogP) is 2.54. The van der Waals surface area contributed by atoms with Crippen molar-refractivity contribution in [3.8, 4) is 0 Å². The molecule has 17 heteroatoms. The highest BCUT2D eigenvalue weighted by molar-refractivity contribution is 7.48. The van der Waals surface area contributed by atoms with Crippen molar-refractivity contribution in [2.75, 3.05) is 0 Å². The fourth-order valence-corrected chi connectivity index (χ4v) is 3.74. The Labute approximate surface area is 234 Å². The number of phosphoric ester groups is 1. The highest BCUT2D eigenvalue weighted by Gasteiger charge is 2.55. The second kappa shape index (κ2) is 15.2. The molecule has 0 heterocycles. The van der Waals surface area contributed by atoms with Gasteiger partial charge in [0.05, 0.1) is 0 Å². The molecule has 0 unspecified atom stereocenters. The van der Waals surface area contributed by atoms with Crippen molar-refractivity contribution in [1.82, 2.24) is 0 Å². The van der Waals surface area contributed by atoms with E-state index in [4.69, 9.17) is 42.0 Å². The molecule has 0 aliphatic heterocycles. The number of carbonyl (C=O) groups is 6. The van der Waals surface area contributed by atoms with Gasteiger partial charge >= 0.3 is 61.6 Å². The van der Waals surface area contributed by atoms with Gasteiger partial charge in [0.15, 0.2) is 0 Å². The lowest BCUT2D eigenvalue weighted by Crippen LogP contribution is -2.45. The van der Waals surface area contributed by atoms with Crippen LogP contribution in [0.25, 0.3) is 0 Å². The second-order valence-corrected chi connectivity index (χ2v) is 8.50. The summed E-state index contributed by atoms with van der Waals surface area (Å²) in [6.07, 6.45) is 3.41. The summed E-state index contributed by atoms with van der Waals surface area (Å²) in [6.45, 7) is 20.9. The zero-order chi connectivity index (χ0) is 32.1. The van der Waals surface area contributed by atoms with E-state index >= 15 is 0 Å². The van der Waals surface area contributed by atoms with Crippen LogP contribution in [0, 0.1) is 0 Å². The first-order valence-electron chi connectivity index (χ1n) is 10.7. The average molecular weight is 602 g/mol. The van der Waals surface area contributed by atoms with Crippen molar-refractivity contribution in [3.05, 3.63) is 75.9 Å². The summed E-state index contributed by atoms with van der Waals surface area (Å²) in [5.41, 5.74) is 0. The van der Waals surface area contributed by atoms with Crippen LogP contribution in [0.5, 0.6) is 0 Å². The Bertz CT molecular complexity index is 973. The number of ether oxygens (including phenoxy) is 6. The van der Waals surface area contributed by atoms with Crippen molar-refractivity contribution < 1.29 is 75.3 Å². The van der Waals surface area contributed by atoms with Crippen molar-refractivity contribution in [3.63, 3.8) is 0 Å². The zero-order valence-corrected chi connectivity index (χ0v) is 23.1. The van der Waals surface area contributed by atoms with Crippen LogP contribution in [0.2, 0.25) is 0 Å². The fourth-order valence-electron chi connectivity index (χ4n) is 2.19. The third-order valence-corrected chi connectivity index (χ3v) is 5.21. The summed E-state index contributed by atoms with van der Waals surface area (Å²) < 4.78 is 58.1. The molecule has 0 aliphatic rings. The van der Waals surface area contributed by atoms with E-state index in [9.17, 15) is 33.3 Å². The summed E-state index contributed by atoms with van der Waals surface area (Å²) in [5.74, 6) is -17.3. The molecule has 0 N–H and O–H groups in total. The standard InChI is InChI=1S/C24H27O16P/c1-10-16(25)32-22(7,33-17(26)11-2)38-41(31,39-23(8,34-18(27)12-3)35-19(28)13-4)40-24(9,36-20(29)14-5)37-21(30)15-6/h10-15H,1-6H2,7-9H3. The average Bonchev–Trinajstić information content (AvgIpc) is 2.86. The van der Waals surface area contributed by atoms with E-state index in [0.717, 1.165) is 0 Å². The maximum absolute atomic E-state index is 14.1. The zero-order valence-electron chi connectivity index (χ0n) is 22.2. The molecule has 0 aliphatic carbocycles. The lowest BCUT2D eigenvalue weighted by Gasteiger charge is -2.37. The molecule has 0 aromatic rings. The van der Waals surface area contributed by atoms with E-state index in [2.05, 4.69) is 39.5 Å². The van der Waals surface area contributed by atoms with Gasteiger partial charge in [-0.15, -0.1) is 0 Å². The molecule has 0 fully saturated rings. The normalized spacial score (nSPS) is 11.4. The Balaban J connectivity index is 7.22. The number of phosphoric acid groups is 1. The lowest BCUT2D eigenvalue weighted by molar-refractivity contribution is -0.344. The summed E-state index contributed by atoms with van der Waals surface area (Å²) >= 11 is 0. The Hall–Kier alpha value is -4.63. The molecule has 0 saturated heterocycles. The molecule has 0 atom stereocenters. The molecule has 0 radical (unpaired) electrons. The van der Waals surface area contributed by atoms with Crippen molar-refractivity contribution in [1.29, 1.82) is 0 Å². The van der Waals surface area contributed by atoms with Gasteiger partial charge in [0, 0.05) is 57.2 Å². The molecular formula is C24H27O16P. The number of hydrogen-bond acceptors (Lipinski definition) is 16. The molecule has 0 rings (SSSR count). The van der Waals surface area contributed by atoms with Crippen LogP contribution in [0.3, 0.4) is 0 Å². The van der Waals surface area contributed by atoms with Gasteiger partial charge in [0.1, 0.15) is 0 Å². The van der Waals surface area contributed by atoms with E-state index in [0.29, 0.717) is 57.2 Å². The van der Waals surface area contributed by atoms with Gasteiger partial charge in [0.2, 0.25) is 0 Å². The second-order valence-electron chi connectivity index (χ2n) is 7.06. The van der Waals surface area contributed by atoms with Crippen LogP contribution in [0.4, 0.5) is 0 Å². The first-order valence-corrected chi connectivity index (χ1v) is 12.2. The minimum atomic E-state index is -5.85. The molecule has 224 valence electrons. The van der Waals surface area contributed by atoms with E-state index in [1.807, 2.05) is 0 Å². The predicted molar refractivity (Wildman–Crippen MR) is 134 cm³/mol. The third kappa shape index (κ3) is 12.8. The van der Waals surface area contributed by atoms with Crippen LogP contribution in [-0.4, -0.2) is 53.7 Å². The maximum atomic E-state index is 14.1. The number of esters is 6. The van der Waals surface area contributed by atoms with Crippen LogP contribution in [0.15, 0.2) is 75.9 Å². The molecule has 0 spiro atoms. The van der Waals surface area contributed by atoms with Gasteiger partial charge in [-0.3, -0.25) is 0 Å². The van der Waals surface area contributed by atoms with Crippen molar-refractivity contribution in [2.24, 2.45) is 0 Å². The van der Waals surface area contributed by atoms with Crippen LogP contribution in [-0.2, 0) is 75.3 Å². The van der Waals surface area contributed by atoms with Gasteiger partial charge in [-0.05, 0) is 0 Å². The van der Waals surface area contributed by atoms with Gasteiger partial charge in [-0.25, -0.2) is 46.9 Å². The largest absolute Gasteiger partial charge is 0.492 e. The van der Waals surface area contributed by atoms with Gasteiger partial charge in [-0.2, -0.15) is 0 Å². The summed E-state index contributed by atoms with van der Waals surface area (Å²) in [5, 5.41) is 0. The number of carbonyl (C=O) groups excluding carboxylic acids is 6. The van der Waals surface area contributed by atoms with Crippen LogP contribution >= 0.6 is 7.82 Å². The first-order chi connectivity index (χ1) is 18.8. The topological polar surface area (TPSA) is 203 Å². The molecular weight excluding hydrogens is 575 g/mol. The van der Waals surface area contributed by atoms with Crippen molar-refractivity contribution in [2.45, 2.75) is 38.7 Å². The molecule has 16 nitrogen and oxygen atoms in total. The molecule has 41 heavy (non-hydrogen) atoms. The quantitative estimate of drug-likeness (QED) is 0.0727. The fraction of sp³-hybridized carbons (Fsp3) is 0.250. The van der Waals surface area contributed by atoms with Crippen LogP contribution < -0.4 is 0 Å². The minimum absolute atomic E-state index is 0.569. The Morgan fingerprint density at radius 2 is 0.585 bits per heavy atom. The summed E-state index contributed by atoms with van der Waals surface area (Å²) in [4.78, 5) is 71.8. The number of hydrogen-bond donors (Lipinski definition) is 0. The molecule has 0 saturated carbocycles. The van der Waals surface area contributed by atoms with Gasteiger partial charge in [-0.1, -0.05) is 39.5 Å². The van der Waals surface area contributed by atoms with E-state index in [1.54, 1.807) is 0 Å². The van der Waals surface area contributed by atoms with Crippen molar-refractivity contribution >= 4 is 43.6 Å². The Kier molecular flexibility index (Phi) is 13.5. The SMILES string of the molecule is C=CC(=O)OC(C)(OC(=O)C=C)OP(=O)(OC(C)(OC(=O)C=C)OC(=O)C=C)OC(C)(OC(=O)C=C)OC(=O)C=C. The molecule has 0 amide bonds. The Morgan fingerprint density at radius 3 is 0.707 bits per heavy atom. The molecule has 0 bridgehead atoms. The minimum Gasteiger partial charge on any atom is -0.394 e. The van der Waals surface area contributed by atoms with Crippen LogP contribution in [0.1, 0.15) is 20.8 Å². The van der Waals surface area contributed by atoms with E-state index in [-0.39, 0.29) is 0 Å². The molecule has 0 aromatic carbocycles. The van der Waals surface area contributed by atoms with E-state index in [1.165, 1.54) is 0 Å². The van der Waals surface area contributed by atoms with Gasteiger partial charge < -0.3 is 28.4 Å². The smallest absolute Gasteiger partial charge is 0.394 e. The summed E-state index contributed by atoms with van der Waals surface area (Å²) in [6, 6.07) is 0. The summed E-state index contributed by atoms with van der Waals surface area (Å²) in [7, 11) is -5.85. The lowest BCUT2D eigenvalue weighted by atomic mass is 10.5. The van der Waals surface area contributed by atoms with Gasteiger partial charge in [0.25, 0.3) is 0 Å². The molecule has 0 aromatic heterocycles.